The van der Waals surface area contributed by atoms with E-state index in [2.05, 4.69) is 0 Å². The third-order valence-corrected chi connectivity index (χ3v) is 4.02. The lowest BCUT2D eigenvalue weighted by molar-refractivity contribution is -0.385. The molecule has 0 aliphatic heterocycles. The molecule has 3 aromatic carbocycles. The Labute approximate surface area is 165 Å². The van der Waals surface area contributed by atoms with Gasteiger partial charge in [0.15, 0.2) is 11.5 Å². The molecule has 0 amide bonds. The first kappa shape index (κ1) is 19.6. The Bertz CT molecular complexity index is 1020. The van der Waals surface area contributed by atoms with E-state index in [0.29, 0.717) is 11.3 Å². The van der Waals surface area contributed by atoms with Crippen LogP contribution in [0.5, 0.6) is 17.2 Å². The lowest BCUT2D eigenvalue weighted by atomic mass is 10.2. The van der Waals surface area contributed by atoms with E-state index in [-0.39, 0.29) is 36.1 Å². The predicted octanol–water partition coefficient (Wildman–Crippen LogP) is 4.37. The van der Waals surface area contributed by atoms with E-state index in [9.17, 15) is 25.3 Å². The molecule has 0 spiro atoms. The van der Waals surface area contributed by atoms with Crippen molar-refractivity contribution in [2.45, 2.75) is 13.2 Å². The van der Waals surface area contributed by atoms with Crippen LogP contribution in [0.1, 0.15) is 11.1 Å². The van der Waals surface area contributed by atoms with Crippen molar-refractivity contribution in [3.63, 3.8) is 0 Å². The van der Waals surface area contributed by atoms with Crippen LogP contribution in [-0.4, -0.2) is 15.0 Å². The monoisotopic (exact) mass is 396 g/mol. The molecule has 0 saturated carbocycles. The first-order valence-corrected chi connectivity index (χ1v) is 8.47. The zero-order chi connectivity index (χ0) is 20.8. The SMILES string of the molecule is O=[N+]([O-])c1ccc(COc2ccc(OCc3ccc([N+](=O)[O-])cc3)c(O)c2)cc1. The van der Waals surface area contributed by atoms with Gasteiger partial charge in [0, 0.05) is 30.3 Å². The number of nitro benzene ring substituents is 2. The third-order valence-electron chi connectivity index (χ3n) is 4.02. The predicted molar refractivity (Wildman–Crippen MR) is 103 cm³/mol. The molecular weight excluding hydrogens is 380 g/mol. The third kappa shape index (κ3) is 5.19. The van der Waals surface area contributed by atoms with Crippen molar-refractivity contribution < 1.29 is 24.4 Å². The minimum atomic E-state index is -0.480. The lowest BCUT2D eigenvalue weighted by Crippen LogP contribution is -1.98. The van der Waals surface area contributed by atoms with Crippen molar-refractivity contribution in [3.05, 3.63) is 98.1 Å². The summed E-state index contributed by atoms with van der Waals surface area (Å²) in [5.41, 5.74) is 1.45. The van der Waals surface area contributed by atoms with Gasteiger partial charge in [-0.3, -0.25) is 20.2 Å². The Morgan fingerprint density at radius 2 is 1.21 bits per heavy atom. The number of phenols is 1. The number of phenolic OH excluding ortho intramolecular Hbond substituents is 1. The molecule has 9 nitrogen and oxygen atoms in total. The molecule has 0 saturated heterocycles. The van der Waals surface area contributed by atoms with E-state index in [1.54, 1.807) is 36.4 Å². The second-order valence-corrected chi connectivity index (χ2v) is 6.05. The number of rotatable bonds is 8. The number of aromatic hydroxyl groups is 1. The van der Waals surface area contributed by atoms with Crippen LogP contribution in [0.15, 0.2) is 66.7 Å². The van der Waals surface area contributed by atoms with Crippen LogP contribution in [0.2, 0.25) is 0 Å². The minimum absolute atomic E-state index is 0.000849. The van der Waals surface area contributed by atoms with Crippen molar-refractivity contribution >= 4 is 11.4 Å². The number of non-ortho nitro benzene ring substituents is 2. The smallest absolute Gasteiger partial charge is 0.269 e. The van der Waals surface area contributed by atoms with Crippen LogP contribution in [-0.2, 0) is 13.2 Å². The van der Waals surface area contributed by atoms with Crippen LogP contribution in [0, 0.1) is 20.2 Å². The molecule has 3 aromatic rings. The standard InChI is InChI=1S/C20H16N2O7/c23-19-11-18(28-12-14-1-5-16(6-2-14)21(24)25)9-10-20(19)29-13-15-3-7-17(8-4-15)22(26)27/h1-11,23H,12-13H2. The van der Waals surface area contributed by atoms with E-state index in [1.807, 2.05) is 0 Å². The van der Waals surface area contributed by atoms with Crippen molar-refractivity contribution in [1.29, 1.82) is 0 Å². The summed E-state index contributed by atoms with van der Waals surface area (Å²) in [6.45, 7) is 0.314. The Morgan fingerprint density at radius 3 is 1.66 bits per heavy atom. The second kappa shape index (κ2) is 8.70. The number of ether oxygens (including phenoxy) is 2. The Balaban J connectivity index is 1.56. The first-order valence-electron chi connectivity index (χ1n) is 8.47. The van der Waals surface area contributed by atoms with Gasteiger partial charge < -0.3 is 14.6 Å². The summed E-state index contributed by atoms with van der Waals surface area (Å²) in [5, 5.41) is 31.4. The van der Waals surface area contributed by atoms with Crippen LogP contribution >= 0.6 is 0 Å². The summed E-state index contributed by atoms with van der Waals surface area (Å²) in [5.74, 6) is 0.530. The second-order valence-electron chi connectivity index (χ2n) is 6.05. The Kier molecular flexibility index (Phi) is 5.88. The molecule has 0 heterocycles. The lowest BCUT2D eigenvalue weighted by Gasteiger charge is -2.11. The van der Waals surface area contributed by atoms with Crippen LogP contribution in [0.3, 0.4) is 0 Å². The maximum absolute atomic E-state index is 10.7. The fourth-order valence-corrected chi connectivity index (χ4v) is 2.46. The van der Waals surface area contributed by atoms with Gasteiger partial charge in [0.2, 0.25) is 0 Å². The molecule has 0 aliphatic rings. The summed E-state index contributed by atoms with van der Waals surface area (Å²) in [6.07, 6.45) is 0. The fraction of sp³-hybridized carbons (Fsp3) is 0.100. The first-order chi connectivity index (χ1) is 13.9. The number of nitrogens with zero attached hydrogens (tertiary/aromatic N) is 2. The number of hydrogen-bond donors (Lipinski definition) is 1. The highest BCUT2D eigenvalue weighted by Crippen LogP contribution is 2.31. The molecule has 1 N–H and O–H groups in total. The van der Waals surface area contributed by atoms with Crippen LogP contribution < -0.4 is 9.47 Å². The molecule has 0 radical (unpaired) electrons. The normalized spacial score (nSPS) is 10.3. The molecule has 3 rings (SSSR count). The van der Waals surface area contributed by atoms with Crippen molar-refractivity contribution in [1.82, 2.24) is 0 Å². The number of benzene rings is 3. The summed E-state index contributed by atoms with van der Waals surface area (Å²) in [7, 11) is 0. The Hall–Kier alpha value is -4.14. The molecule has 148 valence electrons. The highest BCUT2D eigenvalue weighted by Gasteiger charge is 2.08. The molecular formula is C20H16N2O7. The zero-order valence-electron chi connectivity index (χ0n) is 15.1. The van der Waals surface area contributed by atoms with Gasteiger partial charge in [-0.25, -0.2) is 0 Å². The van der Waals surface area contributed by atoms with E-state index in [4.69, 9.17) is 9.47 Å². The number of nitro groups is 2. The van der Waals surface area contributed by atoms with Gasteiger partial charge in [-0.05, 0) is 47.5 Å². The average molecular weight is 396 g/mol. The summed E-state index contributed by atoms with van der Waals surface area (Å²) in [4.78, 5) is 20.4. The van der Waals surface area contributed by atoms with Crippen molar-refractivity contribution in [3.8, 4) is 17.2 Å². The molecule has 29 heavy (non-hydrogen) atoms. The van der Waals surface area contributed by atoms with Gasteiger partial charge in [-0.15, -0.1) is 0 Å². The quantitative estimate of drug-likeness (QED) is 0.443. The van der Waals surface area contributed by atoms with E-state index < -0.39 is 9.85 Å². The largest absolute Gasteiger partial charge is 0.504 e. The number of hydrogen-bond acceptors (Lipinski definition) is 7. The highest BCUT2D eigenvalue weighted by molar-refractivity contribution is 5.45. The van der Waals surface area contributed by atoms with Gasteiger partial charge in [0.25, 0.3) is 11.4 Å². The zero-order valence-corrected chi connectivity index (χ0v) is 15.1. The maximum Gasteiger partial charge on any atom is 0.269 e. The van der Waals surface area contributed by atoms with E-state index >= 15 is 0 Å². The Morgan fingerprint density at radius 1 is 0.724 bits per heavy atom. The van der Waals surface area contributed by atoms with Gasteiger partial charge >= 0.3 is 0 Å². The van der Waals surface area contributed by atoms with Gasteiger partial charge in [0.1, 0.15) is 19.0 Å². The molecule has 9 heteroatoms. The molecule has 0 aromatic heterocycles. The minimum Gasteiger partial charge on any atom is -0.504 e. The summed E-state index contributed by atoms with van der Waals surface area (Å²) < 4.78 is 11.1. The summed E-state index contributed by atoms with van der Waals surface area (Å²) in [6, 6.07) is 16.5. The molecule has 0 atom stereocenters. The van der Waals surface area contributed by atoms with Gasteiger partial charge in [-0.2, -0.15) is 0 Å². The van der Waals surface area contributed by atoms with E-state index in [1.165, 1.54) is 30.3 Å². The molecule has 0 aliphatic carbocycles. The molecule has 0 bridgehead atoms. The maximum atomic E-state index is 10.7. The molecule has 0 fully saturated rings. The van der Waals surface area contributed by atoms with Crippen molar-refractivity contribution in [2.24, 2.45) is 0 Å². The topological polar surface area (TPSA) is 125 Å². The fourth-order valence-electron chi connectivity index (χ4n) is 2.46. The van der Waals surface area contributed by atoms with Crippen LogP contribution in [0.25, 0.3) is 0 Å². The van der Waals surface area contributed by atoms with Crippen molar-refractivity contribution in [2.75, 3.05) is 0 Å². The van der Waals surface area contributed by atoms with Gasteiger partial charge in [0.05, 0.1) is 9.85 Å². The van der Waals surface area contributed by atoms with E-state index in [0.717, 1.165) is 5.56 Å². The van der Waals surface area contributed by atoms with Crippen LogP contribution in [0.4, 0.5) is 11.4 Å². The highest BCUT2D eigenvalue weighted by atomic mass is 16.6. The molecule has 0 unspecified atom stereocenters. The average Bonchev–Trinajstić information content (AvgIpc) is 2.72. The summed E-state index contributed by atoms with van der Waals surface area (Å²) >= 11 is 0. The van der Waals surface area contributed by atoms with Gasteiger partial charge in [-0.1, -0.05) is 0 Å².